The van der Waals surface area contributed by atoms with Gasteiger partial charge >= 0.3 is 0 Å². The van der Waals surface area contributed by atoms with Crippen LogP contribution in [0, 0.1) is 0 Å². The molecule has 0 saturated carbocycles. The normalized spacial score (nSPS) is 11.3. The molecule has 0 aliphatic rings. The SMILES string of the molecule is CC(C)(N)CC(=O)Nc1ccc(Br)cc1Br. The molecule has 0 heterocycles. The first kappa shape index (κ1) is 13.7. The van der Waals surface area contributed by atoms with Crippen molar-refractivity contribution in [3.05, 3.63) is 27.1 Å². The maximum Gasteiger partial charge on any atom is 0.226 e. The Balaban J connectivity index is 2.70. The van der Waals surface area contributed by atoms with E-state index in [-0.39, 0.29) is 12.3 Å². The van der Waals surface area contributed by atoms with Crippen LogP contribution in [0.5, 0.6) is 0 Å². The van der Waals surface area contributed by atoms with Gasteiger partial charge in [0.15, 0.2) is 0 Å². The van der Waals surface area contributed by atoms with Gasteiger partial charge in [0.1, 0.15) is 0 Å². The lowest BCUT2D eigenvalue weighted by molar-refractivity contribution is -0.117. The van der Waals surface area contributed by atoms with Gasteiger partial charge in [-0.25, -0.2) is 0 Å². The van der Waals surface area contributed by atoms with Gasteiger partial charge < -0.3 is 11.1 Å². The van der Waals surface area contributed by atoms with Gasteiger partial charge in [-0.3, -0.25) is 4.79 Å². The van der Waals surface area contributed by atoms with Crippen LogP contribution in [-0.2, 0) is 4.79 Å². The van der Waals surface area contributed by atoms with Crippen molar-refractivity contribution in [2.75, 3.05) is 5.32 Å². The molecule has 0 radical (unpaired) electrons. The van der Waals surface area contributed by atoms with Crippen molar-refractivity contribution < 1.29 is 4.79 Å². The third-order valence-corrected chi connectivity index (χ3v) is 2.97. The van der Waals surface area contributed by atoms with Gasteiger partial charge in [-0.2, -0.15) is 0 Å². The summed E-state index contributed by atoms with van der Waals surface area (Å²) in [6, 6.07) is 5.58. The van der Waals surface area contributed by atoms with Gasteiger partial charge in [0.2, 0.25) is 5.91 Å². The van der Waals surface area contributed by atoms with E-state index < -0.39 is 5.54 Å². The first-order valence-corrected chi connectivity index (χ1v) is 6.40. The number of carbonyl (C=O) groups excluding carboxylic acids is 1. The van der Waals surface area contributed by atoms with Gasteiger partial charge in [-0.1, -0.05) is 15.9 Å². The van der Waals surface area contributed by atoms with Crippen LogP contribution >= 0.6 is 31.9 Å². The standard InChI is InChI=1S/C11H14Br2N2O/c1-11(2,14)6-10(16)15-9-4-3-7(12)5-8(9)13/h3-5H,6,14H2,1-2H3,(H,15,16). The van der Waals surface area contributed by atoms with Crippen LogP contribution in [0.4, 0.5) is 5.69 Å². The average Bonchev–Trinajstić information content (AvgIpc) is 2.06. The van der Waals surface area contributed by atoms with Gasteiger partial charge in [0, 0.05) is 20.9 Å². The lowest BCUT2D eigenvalue weighted by atomic mass is 10.0. The van der Waals surface area contributed by atoms with Crippen molar-refractivity contribution >= 4 is 43.5 Å². The lowest BCUT2D eigenvalue weighted by Crippen LogP contribution is -2.36. The monoisotopic (exact) mass is 348 g/mol. The topological polar surface area (TPSA) is 55.1 Å². The van der Waals surface area contributed by atoms with Crippen molar-refractivity contribution in [3.63, 3.8) is 0 Å². The number of benzene rings is 1. The number of halogens is 2. The van der Waals surface area contributed by atoms with Crippen LogP contribution in [0.1, 0.15) is 20.3 Å². The van der Waals surface area contributed by atoms with E-state index in [2.05, 4.69) is 37.2 Å². The number of hydrogen-bond donors (Lipinski definition) is 2. The Morgan fingerprint density at radius 3 is 2.56 bits per heavy atom. The molecule has 1 aromatic carbocycles. The molecule has 0 unspecified atom stereocenters. The maximum absolute atomic E-state index is 11.6. The molecule has 1 aromatic rings. The number of carbonyl (C=O) groups is 1. The predicted molar refractivity (Wildman–Crippen MR) is 73.4 cm³/mol. The molecule has 1 rings (SSSR count). The van der Waals surface area contributed by atoms with Gasteiger partial charge in [0.25, 0.3) is 0 Å². The quantitative estimate of drug-likeness (QED) is 0.879. The van der Waals surface area contributed by atoms with Crippen molar-refractivity contribution in [3.8, 4) is 0 Å². The Morgan fingerprint density at radius 2 is 2.06 bits per heavy atom. The number of anilines is 1. The highest BCUT2D eigenvalue weighted by Crippen LogP contribution is 2.26. The number of rotatable bonds is 3. The maximum atomic E-state index is 11.6. The van der Waals surface area contributed by atoms with Crippen LogP contribution in [0.3, 0.4) is 0 Å². The Hall–Kier alpha value is -0.390. The summed E-state index contributed by atoms with van der Waals surface area (Å²) in [4.78, 5) is 11.6. The summed E-state index contributed by atoms with van der Waals surface area (Å²) in [6.07, 6.45) is 0.287. The van der Waals surface area contributed by atoms with Crippen LogP contribution in [-0.4, -0.2) is 11.4 Å². The number of hydrogen-bond acceptors (Lipinski definition) is 2. The summed E-state index contributed by atoms with van der Waals surface area (Å²) < 4.78 is 1.79. The van der Waals surface area contributed by atoms with Crippen LogP contribution in [0.15, 0.2) is 27.1 Å². The molecular formula is C11H14Br2N2O. The third kappa shape index (κ3) is 4.63. The molecule has 0 bridgehead atoms. The van der Waals surface area contributed by atoms with Crippen LogP contribution < -0.4 is 11.1 Å². The highest BCUT2D eigenvalue weighted by Gasteiger charge is 2.16. The largest absolute Gasteiger partial charge is 0.325 e. The Morgan fingerprint density at radius 1 is 1.44 bits per heavy atom. The highest BCUT2D eigenvalue weighted by atomic mass is 79.9. The van der Waals surface area contributed by atoms with Crippen LogP contribution in [0.25, 0.3) is 0 Å². The minimum Gasteiger partial charge on any atom is -0.325 e. The van der Waals surface area contributed by atoms with E-state index in [1.807, 2.05) is 32.0 Å². The second kappa shape index (κ2) is 5.29. The molecule has 16 heavy (non-hydrogen) atoms. The summed E-state index contributed by atoms with van der Waals surface area (Å²) in [6.45, 7) is 3.65. The smallest absolute Gasteiger partial charge is 0.226 e. The molecular weight excluding hydrogens is 336 g/mol. The van der Waals surface area contributed by atoms with Gasteiger partial charge in [-0.05, 0) is 48.0 Å². The zero-order valence-electron chi connectivity index (χ0n) is 9.18. The molecule has 5 heteroatoms. The van der Waals surface area contributed by atoms with Crippen molar-refractivity contribution in [1.82, 2.24) is 0 Å². The Labute approximate surface area is 112 Å². The minimum atomic E-state index is -0.494. The average molecular weight is 350 g/mol. The molecule has 3 nitrogen and oxygen atoms in total. The lowest BCUT2D eigenvalue weighted by Gasteiger charge is -2.17. The summed E-state index contributed by atoms with van der Waals surface area (Å²) in [7, 11) is 0. The van der Waals surface area contributed by atoms with Crippen molar-refractivity contribution in [1.29, 1.82) is 0 Å². The zero-order valence-corrected chi connectivity index (χ0v) is 12.4. The molecule has 0 aliphatic carbocycles. The van der Waals surface area contributed by atoms with Gasteiger partial charge in [-0.15, -0.1) is 0 Å². The molecule has 0 saturated heterocycles. The molecule has 0 aliphatic heterocycles. The fourth-order valence-corrected chi connectivity index (χ4v) is 2.35. The third-order valence-electron chi connectivity index (χ3n) is 1.82. The van der Waals surface area contributed by atoms with E-state index in [1.165, 1.54) is 0 Å². The summed E-state index contributed by atoms with van der Waals surface area (Å²) >= 11 is 6.73. The fraction of sp³-hybridized carbons (Fsp3) is 0.364. The minimum absolute atomic E-state index is 0.0875. The molecule has 0 fully saturated rings. The Kier molecular flexibility index (Phi) is 4.52. The molecule has 0 spiro atoms. The Bertz CT molecular complexity index is 399. The summed E-state index contributed by atoms with van der Waals surface area (Å²) in [5.74, 6) is -0.0875. The predicted octanol–water partition coefficient (Wildman–Crippen LogP) is 3.28. The molecule has 1 amide bonds. The molecule has 0 aromatic heterocycles. The van der Waals surface area contributed by atoms with E-state index in [0.717, 1.165) is 14.6 Å². The molecule has 3 N–H and O–H groups in total. The van der Waals surface area contributed by atoms with E-state index in [1.54, 1.807) is 0 Å². The van der Waals surface area contributed by atoms with E-state index in [0.29, 0.717) is 0 Å². The summed E-state index contributed by atoms with van der Waals surface area (Å²) in [5.41, 5.74) is 6.03. The first-order valence-electron chi connectivity index (χ1n) is 4.82. The highest BCUT2D eigenvalue weighted by molar-refractivity contribution is 9.11. The van der Waals surface area contributed by atoms with Crippen molar-refractivity contribution in [2.24, 2.45) is 5.73 Å². The second-order valence-electron chi connectivity index (χ2n) is 4.34. The van der Waals surface area contributed by atoms with Crippen molar-refractivity contribution in [2.45, 2.75) is 25.8 Å². The molecule has 88 valence electrons. The fourth-order valence-electron chi connectivity index (χ4n) is 1.20. The second-order valence-corrected chi connectivity index (χ2v) is 6.11. The number of nitrogens with two attached hydrogens (primary N) is 1. The summed E-state index contributed by atoms with van der Waals surface area (Å²) in [5, 5.41) is 2.81. The first-order chi connectivity index (χ1) is 7.28. The van der Waals surface area contributed by atoms with Crippen LogP contribution in [0.2, 0.25) is 0 Å². The van der Waals surface area contributed by atoms with E-state index in [4.69, 9.17) is 5.73 Å². The number of amides is 1. The molecule has 0 atom stereocenters. The van der Waals surface area contributed by atoms with E-state index >= 15 is 0 Å². The zero-order chi connectivity index (χ0) is 12.3. The van der Waals surface area contributed by atoms with Gasteiger partial charge in [0.05, 0.1) is 5.69 Å². The van der Waals surface area contributed by atoms with E-state index in [9.17, 15) is 4.79 Å². The number of nitrogens with one attached hydrogen (secondary N) is 1.